The molecule has 0 aromatic heterocycles. The first kappa shape index (κ1) is 17.9. The molecule has 0 saturated heterocycles. The number of nitrogens with two attached hydrogens (primary N) is 4. The molecule has 12 nitrogen and oxygen atoms in total. The first-order valence-electron chi connectivity index (χ1n) is 1.84. The minimum atomic E-state index is -2.94. The normalized spacial score (nSPS) is 9.54. The van der Waals surface area contributed by atoms with E-state index in [0.717, 1.165) is 0 Å². The molecule has 86 valence electrons. The molecule has 0 bridgehead atoms. The molecular formula is H9N6O6Pt-. The Morgan fingerprint density at radius 1 is 1.00 bits per heavy atom. The average molecular weight is 384 g/mol. The van der Waals surface area contributed by atoms with Crippen molar-refractivity contribution < 1.29 is 32.4 Å². The van der Waals surface area contributed by atoms with Gasteiger partial charge in [-0.15, -0.1) is 10.1 Å². The molecule has 0 fully saturated rings. The summed E-state index contributed by atoms with van der Waals surface area (Å²) < 4.78 is 19.5. The summed E-state index contributed by atoms with van der Waals surface area (Å²) in [6.07, 6.45) is 0. The van der Waals surface area contributed by atoms with E-state index in [1.165, 1.54) is 0 Å². The predicted octanol–water partition coefficient (Wildman–Crippen LogP) is -2.95. The van der Waals surface area contributed by atoms with Crippen LogP contribution in [0.2, 0.25) is 0 Å². The molecule has 13 heavy (non-hydrogen) atoms. The van der Waals surface area contributed by atoms with Crippen LogP contribution < -0.4 is 17.2 Å². The number of hydrogen-bond acceptors (Lipinski definition) is 9. The summed E-state index contributed by atoms with van der Waals surface area (Å²) in [7, 11) is 0. The zero-order chi connectivity index (χ0) is 11.7. The third-order valence-corrected chi connectivity index (χ3v) is 0. The Balaban J connectivity index is -0.000000117. The maximum atomic E-state index is 8.36. The van der Waals surface area contributed by atoms with Gasteiger partial charge in [0.15, 0.2) is 0 Å². The first-order chi connectivity index (χ1) is 5.46. The standard InChI is InChI=1S/HNO3.NO3.4H2N.Pt/c2*2-1(3)4;;;;;/h(H,2,3,4);;4*1H2;/q;5*-1;+4. The van der Waals surface area contributed by atoms with E-state index in [4.69, 9.17) is 47.8 Å². The Bertz CT molecular complexity index is 124. The number of rotatable bonds is 0. The van der Waals surface area contributed by atoms with Crippen LogP contribution in [0, 0.1) is 25.4 Å². The van der Waals surface area contributed by atoms with Gasteiger partial charge in [0.1, 0.15) is 0 Å². The Morgan fingerprint density at radius 2 is 1.00 bits per heavy atom. The molecule has 0 radical (unpaired) electrons. The summed E-state index contributed by atoms with van der Waals surface area (Å²) in [4.78, 5) is 16.6. The fourth-order valence-corrected chi connectivity index (χ4v) is 0. The van der Waals surface area contributed by atoms with Crippen molar-refractivity contribution in [1.29, 1.82) is 0 Å². The molecule has 0 aromatic rings. The number of nitrogens with zero attached hydrogens (tertiary/aromatic N) is 2. The van der Waals surface area contributed by atoms with Gasteiger partial charge in [0.2, 0.25) is 0 Å². The van der Waals surface area contributed by atoms with Gasteiger partial charge in [0.05, 0.1) is 5.09 Å². The van der Waals surface area contributed by atoms with Crippen LogP contribution >= 0.6 is 0 Å². The molecule has 0 aromatic carbocycles. The van der Waals surface area contributed by atoms with Crippen LogP contribution in [0.25, 0.3) is 0 Å². The topological polar surface area (TPSA) is 234 Å². The molecule has 0 unspecified atom stereocenters. The van der Waals surface area contributed by atoms with Gasteiger partial charge >= 0.3 is 34.2 Å². The second kappa shape index (κ2) is 9.02. The zero-order valence-corrected chi connectivity index (χ0v) is 8.28. The van der Waals surface area contributed by atoms with Crippen LogP contribution in [0.5, 0.6) is 0 Å². The van der Waals surface area contributed by atoms with Gasteiger partial charge in [-0.1, -0.05) is 0 Å². The Kier molecular flexibility index (Phi) is 12.4. The van der Waals surface area contributed by atoms with Crippen molar-refractivity contribution >= 4 is 0 Å². The van der Waals surface area contributed by atoms with Crippen molar-refractivity contribution in [3.63, 3.8) is 0 Å². The van der Waals surface area contributed by atoms with Crippen molar-refractivity contribution in [3.05, 3.63) is 25.4 Å². The van der Waals surface area contributed by atoms with Gasteiger partial charge in [-0.05, 0) is 0 Å². The van der Waals surface area contributed by atoms with E-state index in [0.29, 0.717) is 0 Å². The quantitative estimate of drug-likeness (QED) is 0.210. The van der Waals surface area contributed by atoms with E-state index < -0.39 is 27.2 Å². The maximum absolute atomic E-state index is 8.36. The van der Waals surface area contributed by atoms with Gasteiger partial charge in [-0.3, -0.25) is 0 Å². The van der Waals surface area contributed by atoms with Crippen LogP contribution in [0.3, 0.4) is 0 Å². The second-order valence-electron chi connectivity index (χ2n) is 1.09. The van der Waals surface area contributed by atoms with Gasteiger partial charge in [0.25, 0.3) is 5.09 Å². The summed E-state index contributed by atoms with van der Waals surface area (Å²) in [5.41, 5.74) is 0. The van der Waals surface area contributed by atoms with Crippen LogP contribution in [0.1, 0.15) is 0 Å². The third kappa shape index (κ3) is 758. The van der Waals surface area contributed by atoms with E-state index in [1.54, 1.807) is 0 Å². The Morgan fingerprint density at radius 3 is 1.00 bits per heavy atom. The summed E-state index contributed by atoms with van der Waals surface area (Å²) in [5.74, 6) is 0. The molecule has 0 heterocycles. The molecule has 0 saturated carbocycles. The van der Waals surface area contributed by atoms with Gasteiger partial charge in [-0.2, -0.15) is 0 Å². The molecule has 13 heteroatoms. The molecule has 0 aliphatic rings. The first-order valence-corrected chi connectivity index (χ1v) is 7.09. The van der Waals surface area contributed by atoms with Crippen LogP contribution in [-0.2, 0) is 17.1 Å². The van der Waals surface area contributed by atoms with Gasteiger partial charge in [0, 0.05) is 0 Å². The van der Waals surface area contributed by atoms with Gasteiger partial charge < -0.3 is 20.5 Å². The van der Waals surface area contributed by atoms with Crippen molar-refractivity contribution in [2.75, 3.05) is 0 Å². The molecule has 0 rings (SSSR count). The monoisotopic (exact) mass is 384 g/mol. The number of hydrogen-bond donors (Lipinski definition) is 5. The van der Waals surface area contributed by atoms with Crippen molar-refractivity contribution in [1.82, 2.24) is 0 Å². The molecule has 0 spiro atoms. The Hall–Kier alpha value is -1.07. The fourth-order valence-electron chi connectivity index (χ4n) is 0. The minimum absolute atomic E-state index is 1.50. The zero-order valence-electron chi connectivity index (χ0n) is 6.01. The van der Waals surface area contributed by atoms with Crippen LogP contribution in [0.15, 0.2) is 0 Å². The summed E-state index contributed by atoms with van der Waals surface area (Å²) in [6.45, 7) is 0. The molecule has 0 aliphatic heterocycles. The molecular weight excluding hydrogens is 375 g/mol. The fraction of sp³-hybridized carbons (Fsp3) is 0. The van der Waals surface area contributed by atoms with Crippen molar-refractivity contribution in [3.8, 4) is 0 Å². The predicted molar refractivity (Wildman–Crippen MR) is 35.9 cm³/mol. The summed E-state index contributed by atoms with van der Waals surface area (Å²) in [6, 6.07) is 0. The van der Waals surface area contributed by atoms with E-state index in [-0.39, 0.29) is 0 Å². The van der Waals surface area contributed by atoms with Crippen molar-refractivity contribution in [2.45, 2.75) is 0 Å². The molecule has 9 N–H and O–H groups in total. The SMILES string of the molecule is O=[N+]([O-])O.O=[N+]([O-])[O-].[NH2][Pt]([NH2])([NH2])[NH2]. The van der Waals surface area contributed by atoms with Gasteiger partial charge in [-0.25, -0.2) is 0 Å². The second-order valence-corrected chi connectivity index (χ2v) is 5.64. The van der Waals surface area contributed by atoms with Crippen LogP contribution in [-0.4, -0.2) is 15.4 Å². The van der Waals surface area contributed by atoms with E-state index >= 15 is 0 Å². The molecule has 0 amide bonds. The average Bonchev–Trinajstić information content (AvgIpc) is 1.50. The Labute approximate surface area is 75.7 Å². The molecule has 0 atom stereocenters. The third-order valence-electron chi connectivity index (χ3n) is 0. The summed E-state index contributed by atoms with van der Waals surface area (Å²) in [5, 5.41) is 28.4. The van der Waals surface area contributed by atoms with Crippen molar-refractivity contribution in [2.24, 2.45) is 17.2 Å². The molecule has 0 aliphatic carbocycles. The van der Waals surface area contributed by atoms with Crippen LogP contribution in [0.4, 0.5) is 0 Å². The summed E-state index contributed by atoms with van der Waals surface area (Å²) >= 11 is -2.94. The van der Waals surface area contributed by atoms with E-state index in [1.807, 2.05) is 0 Å². The van der Waals surface area contributed by atoms with E-state index in [9.17, 15) is 0 Å². The van der Waals surface area contributed by atoms with E-state index in [2.05, 4.69) is 0 Å².